The van der Waals surface area contributed by atoms with Crippen molar-refractivity contribution >= 4 is 97.0 Å². The quantitative estimate of drug-likeness (QED) is 0.156. The maximum Gasteiger partial charge on any atom is -0.000697 e. The van der Waals surface area contributed by atoms with Gasteiger partial charge in [-0.15, -0.1) is 0 Å². The Morgan fingerprint density at radius 1 is 0.250 bits per heavy atom. The molecule has 0 spiro atoms. The highest BCUT2D eigenvalue weighted by atomic mass is 14.3. The molecule has 0 nitrogen and oxygen atoms in total. The van der Waals surface area contributed by atoms with Crippen LogP contribution in [0.3, 0.4) is 0 Å². The van der Waals surface area contributed by atoms with Crippen molar-refractivity contribution in [1.29, 1.82) is 0 Å². The van der Waals surface area contributed by atoms with Crippen molar-refractivity contribution in [3.8, 4) is 33.4 Å². The highest BCUT2D eigenvalue weighted by Crippen LogP contribution is 2.55. The number of hydrogen-bond acceptors (Lipinski definition) is 0. The van der Waals surface area contributed by atoms with Gasteiger partial charge >= 0.3 is 0 Å². The van der Waals surface area contributed by atoms with E-state index in [0.717, 1.165) is 0 Å². The van der Waals surface area contributed by atoms with Gasteiger partial charge in [-0.05, 0) is 177 Å². The van der Waals surface area contributed by atoms with Crippen LogP contribution in [0.25, 0.3) is 130 Å². The molecule has 0 aromatic heterocycles. The van der Waals surface area contributed by atoms with Gasteiger partial charge in [0.05, 0.1) is 0 Å². The molecule has 0 bridgehead atoms. The summed E-state index contributed by atoms with van der Waals surface area (Å²) in [5, 5.41) is 23.7. The molecule has 13 aromatic rings. The molecule has 304 valence electrons. The molecule has 64 heavy (non-hydrogen) atoms. The second-order valence-corrected chi connectivity index (χ2v) is 20.4. The minimum Gasteiger partial charge on any atom is -0.0622 e. The summed E-state index contributed by atoms with van der Waals surface area (Å²) in [6.45, 7) is 13.9. The maximum atomic E-state index is 2.54. The van der Waals surface area contributed by atoms with Crippen LogP contribution in [0.5, 0.6) is 0 Å². The third kappa shape index (κ3) is 5.23. The first-order chi connectivity index (χ1) is 31.0. The summed E-state index contributed by atoms with van der Waals surface area (Å²) in [4.78, 5) is 0. The molecule has 0 heteroatoms. The van der Waals surface area contributed by atoms with Gasteiger partial charge in [0.25, 0.3) is 0 Å². The van der Waals surface area contributed by atoms with E-state index in [0.29, 0.717) is 0 Å². The summed E-state index contributed by atoms with van der Waals surface area (Å²) in [6.07, 6.45) is 0. The first kappa shape index (κ1) is 37.3. The molecule has 0 radical (unpaired) electrons. The lowest BCUT2D eigenvalue weighted by atomic mass is 9.81. The average Bonchev–Trinajstić information content (AvgIpc) is 3.81. The molecule has 0 atom stereocenters. The second-order valence-electron chi connectivity index (χ2n) is 20.4. The van der Waals surface area contributed by atoms with E-state index in [1.54, 1.807) is 0 Å². The van der Waals surface area contributed by atoms with Crippen LogP contribution in [-0.4, -0.2) is 0 Å². The monoisotopic (exact) mass is 816 g/mol. The lowest BCUT2D eigenvalue weighted by molar-refractivity contribution is 0.589. The van der Waals surface area contributed by atoms with Crippen LogP contribution in [-0.2, 0) is 10.8 Å². The van der Waals surface area contributed by atoms with Crippen molar-refractivity contribution in [1.82, 2.24) is 0 Å². The van der Waals surface area contributed by atoms with Crippen molar-refractivity contribution in [2.45, 2.75) is 52.4 Å². The van der Waals surface area contributed by atoms with Crippen LogP contribution >= 0.6 is 0 Å². The van der Waals surface area contributed by atoms with Crippen molar-refractivity contribution in [2.75, 3.05) is 0 Å². The summed E-state index contributed by atoms with van der Waals surface area (Å²) < 4.78 is 0. The molecule has 0 heterocycles. The van der Waals surface area contributed by atoms with E-state index in [1.807, 2.05) is 0 Å². The normalized spacial score (nSPS) is 12.8. The summed E-state index contributed by atoms with van der Waals surface area (Å²) in [7, 11) is 0. The van der Waals surface area contributed by atoms with E-state index < -0.39 is 0 Å². The van der Waals surface area contributed by atoms with E-state index in [-0.39, 0.29) is 10.8 Å². The molecule has 0 aliphatic heterocycles. The topological polar surface area (TPSA) is 0 Å². The van der Waals surface area contributed by atoms with Crippen LogP contribution in [0.1, 0.15) is 52.7 Å². The second kappa shape index (κ2) is 13.1. The Morgan fingerprint density at radius 3 is 1.47 bits per heavy atom. The Hall–Kier alpha value is -7.28. The standard InChI is InChI=1S/C64H48/c1-63(2,3)42-30-29-39-31-43(64(4,5)6)35-52(51(39)34-42)40-27-28-41-33-54-59-47(50(41)32-40)24-16-26-49(59)61-56(37-17-9-7-10-18-37)55-36-53-45-22-14-13-21-44(45)46-23-15-25-48(58(46)53)60(55)57(62(54)61)38-19-11-8-12-20-38/h7-36H,1-6H3. The molecule has 0 fully saturated rings. The predicted molar refractivity (Wildman–Crippen MR) is 280 cm³/mol. The van der Waals surface area contributed by atoms with Crippen LogP contribution < -0.4 is 0 Å². The van der Waals surface area contributed by atoms with E-state index in [2.05, 4.69) is 224 Å². The number of fused-ring (bicyclic) bond motifs is 11. The fourth-order valence-corrected chi connectivity index (χ4v) is 11.5. The van der Waals surface area contributed by atoms with E-state index in [4.69, 9.17) is 0 Å². The molecular formula is C64H48. The molecule has 13 rings (SSSR count). The molecule has 0 amide bonds. The summed E-state index contributed by atoms with van der Waals surface area (Å²) in [5.74, 6) is 0. The van der Waals surface area contributed by atoms with E-state index in [1.165, 1.54) is 141 Å². The Morgan fingerprint density at radius 2 is 0.781 bits per heavy atom. The van der Waals surface area contributed by atoms with Crippen LogP contribution in [0.15, 0.2) is 182 Å². The first-order valence-electron chi connectivity index (χ1n) is 22.9. The number of hydrogen-bond donors (Lipinski definition) is 0. The van der Waals surface area contributed by atoms with Crippen LogP contribution in [0, 0.1) is 0 Å². The number of benzene rings is 11. The van der Waals surface area contributed by atoms with Gasteiger partial charge in [-0.1, -0.05) is 199 Å². The average molecular weight is 817 g/mol. The fraction of sp³-hybridized carbons (Fsp3) is 0.125. The predicted octanol–water partition coefficient (Wildman–Crippen LogP) is 18.5. The Labute approximate surface area is 374 Å². The van der Waals surface area contributed by atoms with Gasteiger partial charge in [0.2, 0.25) is 0 Å². The third-order valence-corrected chi connectivity index (χ3v) is 14.6. The molecular weight excluding hydrogens is 769 g/mol. The highest BCUT2D eigenvalue weighted by Gasteiger charge is 2.27. The SMILES string of the molecule is CC(C)(C)c1cc(-c2ccc3cc4c5c(-c6ccccc6)c6c(cc7c8ccccc8c8cccc6c87)c(-c6ccccc6)c5c5cccc(c3c2)c54)c2cc(C(C)(C)C)ccc2c1. The van der Waals surface area contributed by atoms with Crippen molar-refractivity contribution in [2.24, 2.45) is 0 Å². The zero-order chi connectivity index (χ0) is 43.2. The first-order valence-corrected chi connectivity index (χ1v) is 22.9. The van der Waals surface area contributed by atoms with Gasteiger partial charge in [-0.25, -0.2) is 0 Å². The summed E-state index contributed by atoms with van der Waals surface area (Å²) in [5.41, 5.74) is 10.5. The van der Waals surface area contributed by atoms with Gasteiger partial charge in [-0.3, -0.25) is 0 Å². The zero-order valence-electron chi connectivity index (χ0n) is 37.3. The maximum absolute atomic E-state index is 2.54. The van der Waals surface area contributed by atoms with Crippen molar-refractivity contribution in [3.63, 3.8) is 0 Å². The van der Waals surface area contributed by atoms with E-state index >= 15 is 0 Å². The van der Waals surface area contributed by atoms with Crippen molar-refractivity contribution in [3.05, 3.63) is 193 Å². The van der Waals surface area contributed by atoms with Crippen LogP contribution in [0.4, 0.5) is 0 Å². The van der Waals surface area contributed by atoms with Crippen molar-refractivity contribution < 1.29 is 0 Å². The Balaban J connectivity index is 1.21. The summed E-state index contributed by atoms with van der Waals surface area (Å²) >= 11 is 0. The van der Waals surface area contributed by atoms with Gasteiger partial charge in [0.15, 0.2) is 0 Å². The van der Waals surface area contributed by atoms with Gasteiger partial charge in [0, 0.05) is 0 Å². The summed E-state index contributed by atoms with van der Waals surface area (Å²) in [6, 6.07) is 69.7. The van der Waals surface area contributed by atoms with E-state index in [9.17, 15) is 0 Å². The smallest absolute Gasteiger partial charge is 0.000697 e. The molecule has 0 aliphatic rings. The minimum absolute atomic E-state index is 0.00956. The lowest BCUT2D eigenvalue weighted by Crippen LogP contribution is -2.12. The van der Waals surface area contributed by atoms with Gasteiger partial charge in [-0.2, -0.15) is 0 Å². The molecule has 0 saturated heterocycles. The molecule has 0 saturated carbocycles. The minimum atomic E-state index is 0.00956. The number of rotatable bonds is 3. The molecule has 0 N–H and O–H groups in total. The Bertz CT molecular complexity index is 4040. The lowest BCUT2D eigenvalue weighted by Gasteiger charge is -2.24. The fourth-order valence-electron chi connectivity index (χ4n) is 11.5. The largest absolute Gasteiger partial charge is 0.0622 e. The molecule has 13 aromatic carbocycles. The van der Waals surface area contributed by atoms with Crippen LogP contribution in [0.2, 0.25) is 0 Å². The zero-order valence-corrected chi connectivity index (χ0v) is 37.3. The third-order valence-electron chi connectivity index (χ3n) is 14.6. The molecule has 0 unspecified atom stereocenters. The molecule has 0 aliphatic carbocycles. The highest BCUT2D eigenvalue weighted by molar-refractivity contribution is 6.46. The van der Waals surface area contributed by atoms with Gasteiger partial charge < -0.3 is 0 Å². The Kier molecular flexibility index (Phi) is 7.65. The van der Waals surface area contributed by atoms with Gasteiger partial charge in [0.1, 0.15) is 0 Å².